The highest BCUT2D eigenvalue weighted by Crippen LogP contribution is 2.30. The number of thiazole rings is 1. The molecule has 0 aliphatic rings. The Bertz CT molecular complexity index is 911. The maximum absolute atomic E-state index is 12.7. The molecular formula is C18H16ClN3O2S. The molecule has 0 bridgehead atoms. The van der Waals surface area contributed by atoms with Crippen LogP contribution in [0, 0.1) is 6.92 Å². The summed E-state index contributed by atoms with van der Waals surface area (Å²) in [5, 5.41) is 4.23. The van der Waals surface area contributed by atoms with E-state index < -0.39 is 0 Å². The van der Waals surface area contributed by atoms with Crippen LogP contribution in [0.25, 0.3) is 10.6 Å². The van der Waals surface area contributed by atoms with Crippen LogP contribution in [-0.4, -0.2) is 22.5 Å². The Morgan fingerprint density at radius 1 is 1.32 bits per heavy atom. The van der Waals surface area contributed by atoms with Crippen molar-refractivity contribution in [2.45, 2.75) is 13.8 Å². The number of rotatable bonds is 5. The third kappa shape index (κ3) is 3.97. The summed E-state index contributed by atoms with van der Waals surface area (Å²) in [5.41, 5.74) is 2.09. The molecule has 3 rings (SSSR count). The zero-order valence-electron chi connectivity index (χ0n) is 13.7. The minimum Gasteiger partial charge on any atom is -0.476 e. The van der Waals surface area contributed by atoms with Crippen LogP contribution in [0.15, 0.2) is 42.6 Å². The van der Waals surface area contributed by atoms with Crippen molar-refractivity contribution in [2.24, 2.45) is 0 Å². The standard InChI is InChI=1S/C18H16ClN3O2S/c1-3-24-17-14(8-5-9-20-17)22-16(23)15-11(2)21-18(25-15)12-6-4-7-13(19)10-12/h4-10H,3H2,1-2H3,(H,22,23). The van der Waals surface area contributed by atoms with Gasteiger partial charge in [0.15, 0.2) is 0 Å². The summed E-state index contributed by atoms with van der Waals surface area (Å²) < 4.78 is 5.44. The molecule has 25 heavy (non-hydrogen) atoms. The molecule has 128 valence electrons. The fraction of sp³-hybridized carbons (Fsp3) is 0.167. The molecule has 1 amide bonds. The number of carbonyl (C=O) groups is 1. The van der Waals surface area contributed by atoms with Gasteiger partial charge in [-0.15, -0.1) is 11.3 Å². The van der Waals surface area contributed by atoms with Crippen molar-refractivity contribution >= 4 is 34.5 Å². The first kappa shape index (κ1) is 17.4. The lowest BCUT2D eigenvalue weighted by molar-refractivity contribution is 0.102. The molecule has 1 aromatic carbocycles. The number of nitrogens with one attached hydrogen (secondary N) is 1. The summed E-state index contributed by atoms with van der Waals surface area (Å²) in [7, 11) is 0. The van der Waals surface area contributed by atoms with E-state index in [9.17, 15) is 4.79 Å². The van der Waals surface area contributed by atoms with Gasteiger partial charge < -0.3 is 10.1 Å². The molecular weight excluding hydrogens is 358 g/mol. The van der Waals surface area contributed by atoms with Gasteiger partial charge in [-0.1, -0.05) is 23.7 Å². The number of anilines is 1. The Balaban J connectivity index is 1.86. The molecule has 0 radical (unpaired) electrons. The van der Waals surface area contributed by atoms with Crippen LogP contribution in [0.2, 0.25) is 5.02 Å². The second-order valence-electron chi connectivity index (χ2n) is 5.19. The van der Waals surface area contributed by atoms with Gasteiger partial charge in [-0.25, -0.2) is 9.97 Å². The summed E-state index contributed by atoms with van der Waals surface area (Å²) in [6.07, 6.45) is 1.62. The molecule has 1 N–H and O–H groups in total. The summed E-state index contributed by atoms with van der Waals surface area (Å²) in [6.45, 7) is 4.15. The summed E-state index contributed by atoms with van der Waals surface area (Å²) in [4.78, 5) is 21.8. The van der Waals surface area contributed by atoms with Crippen LogP contribution in [0.5, 0.6) is 5.88 Å². The van der Waals surface area contributed by atoms with Crippen molar-refractivity contribution < 1.29 is 9.53 Å². The lowest BCUT2D eigenvalue weighted by Gasteiger charge is -2.09. The largest absolute Gasteiger partial charge is 0.476 e. The molecule has 7 heteroatoms. The third-order valence-electron chi connectivity index (χ3n) is 3.37. The van der Waals surface area contributed by atoms with Crippen molar-refractivity contribution in [3.05, 3.63) is 58.2 Å². The van der Waals surface area contributed by atoms with Crippen molar-refractivity contribution in [3.8, 4) is 16.5 Å². The van der Waals surface area contributed by atoms with Crippen LogP contribution in [0.1, 0.15) is 22.3 Å². The summed E-state index contributed by atoms with van der Waals surface area (Å²) in [6, 6.07) is 10.9. The minimum absolute atomic E-state index is 0.239. The normalized spacial score (nSPS) is 10.5. The van der Waals surface area contributed by atoms with Gasteiger partial charge in [0.1, 0.15) is 15.6 Å². The molecule has 5 nitrogen and oxygen atoms in total. The van der Waals surface area contributed by atoms with Gasteiger partial charge in [-0.3, -0.25) is 4.79 Å². The van der Waals surface area contributed by atoms with E-state index >= 15 is 0 Å². The predicted octanol–water partition coefficient (Wildman–Crippen LogP) is 4.82. The van der Waals surface area contributed by atoms with E-state index in [-0.39, 0.29) is 5.91 Å². The van der Waals surface area contributed by atoms with Gasteiger partial charge in [-0.2, -0.15) is 0 Å². The fourth-order valence-electron chi connectivity index (χ4n) is 2.27. The number of aromatic nitrogens is 2. The average Bonchev–Trinajstić information content (AvgIpc) is 2.99. The average molecular weight is 374 g/mol. The van der Waals surface area contributed by atoms with E-state index in [1.54, 1.807) is 24.4 Å². The Hall–Kier alpha value is -2.44. The SMILES string of the molecule is CCOc1ncccc1NC(=O)c1sc(-c2cccc(Cl)c2)nc1C. The van der Waals surface area contributed by atoms with Crippen LogP contribution in [-0.2, 0) is 0 Å². The Kier molecular flexibility index (Phi) is 5.31. The lowest BCUT2D eigenvalue weighted by Crippen LogP contribution is -2.13. The number of benzene rings is 1. The smallest absolute Gasteiger partial charge is 0.267 e. The van der Waals surface area contributed by atoms with Crippen molar-refractivity contribution in [3.63, 3.8) is 0 Å². The minimum atomic E-state index is -0.239. The first-order valence-electron chi connectivity index (χ1n) is 7.71. The van der Waals surface area contributed by atoms with E-state index in [4.69, 9.17) is 16.3 Å². The van der Waals surface area contributed by atoms with Crippen molar-refractivity contribution in [2.75, 3.05) is 11.9 Å². The number of hydrogen-bond donors (Lipinski definition) is 1. The molecule has 2 heterocycles. The van der Waals surface area contributed by atoms with Gasteiger partial charge in [0.05, 0.1) is 12.3 Å². The van der Waals surface area contributed by atoms with Crippen LogP contribution < -0.4 is 10.1 Å². The topological polar surface area (TPSA) is 64.1 Å². The summed E-state index contributed by atoms with van der Waals surface area (Å²) in [5.74, 6) is 0.160. The molecule has 2 aromatic heterocycles. The van der Waals surface area contributed by atoms with E-state index in [1.165, 1.54) is 11.3 Å². The van der Waals surface area contributed by atoms with Gasteiger partial charge in [0.25, 0.3) is 5.91 Å². The monoisotopic (exact) mass is 373 g/mol. The number of aryl methyl sites for hydroxylation is 1. The number of amides is 1. The van der Waals surface area contributed by atoms with E-state index in [1.807, 2.05) is 32.0 Å². The van der Waals surface area contributed by atoms with Crippen LogP contribution in [0.3, 0.4) is 0 Å². The highest BCUT2D eigenvalue weighted by molar-refractivity contribution is 7.17. The maximum atomic E-state index is 12.7. The van der Waals surface area contributed by atoms with Gasteiger partial charge in [0.2, 0.25) is 5.88 Å². The Morgan fingerprint density at radius 3 is 2.92 bits per heavy atom. The number of carbonyl (C=O) groups excluding carboxylic acids is 1. The zero-order valence-corrected chi connectivity index (χ0v) is 15.3. The van der Waals surface area contributed by atoms with E-state index in [0.29, 0.717) is 33.8 Å². The molecule has 3 aromatic rings. The third-order valence-corrected chi connectivity index (χ3v) is 4.82. The maximum Gasteiger partial charge on any atom is 0.267 e. The van der Waals surface area contributed by atoms with Gasteiger partial charge in [-0.05, 0) is 38.1 Å². The second kappa shape index (κ2) is 7.63. The molecule has 0 saturated carbocycles. The second-order valence-corrected chi connectivity index (χ2v) is 6.62. The van der Waals surface area contributed by atoms with Crippen LogP contribution in [0.4, 0.5) is 5.69 Å². The summed E-state index contributed by atoms with van der Waals surface area (Å²) >= 11 is 7.36. The van der Waals surface area contributed by atoms with Gasteiger partial charge in [0, 0.05) is 16.8 Å². The number of ether oxygens (including phenoxy) is 1. The van der Waals surface area contributed by atoms with Crippen LogP contribution >= 0.6 is 22.9 Å². The molecule has 0 saturated heterocycles. The number of pyridine rings is 1. The first-order chi connectivity index (χ1) is 12.1. The van der Waals surface area contributed by atoms with Crippen molar-refractivity contribution in [1.82, 2.24) is 9.97 Å². The Morgan fingerprint density at radius 2 is 2.16 bits per heavy atom. The fourth-order valence-corrected chi connectivity index (χ4v) is 3.42. The molecule has 0 aliphatic carbocycles. The molecule has 0 aliphatic heterocycles. The zero-order chi connectivity index (χ0) is 17.8. The van der Waals surface area contributed by atoms with E-state index in [2.05, 4.69) is 15.3 Å². The highest BCUT2D eigenvalue weighted by atomic mass is 35.5. The molecule has 0 atom stereocenters. The number of halogens is 1. The molecule has 0 unspecified atom stereocenters. The first-order valence-corrected chi connectivity index (χ1v) is 8.90. The number of nitrogens with zero attached hydrogens (tertiary/aromatic N) is 2. The number of hydrogen-bond acceptors (Lipinski definition) is 5. The highest BCUT2D eigenvalue weighted by Gasteiger charge is 2.18. The van der Waals surface area contributed by atoms with E-state index in [0.717, 1.165) is 10.6 Å². The predicted molar refractivity (Wildman–Crippen MR) is 101 cm³/mol. The van der Waals surface area contributed by atoms with Crippen molar-refractivity contribution in [1.29, 1.82) is 0 Å². The molecule has 0 spiro atoms. The Labute approximate surface area is 154 Å². The molecule has 0 fully saturated rings. The quantitative estimate of drug-likeness (QED) is 0.696. The lowest BCUT2D eigenvalue weighted by atomic mass is 10.2. The van der Waals surface area contributed by atoms with Gasteiger partial charge >= 0.3 is 0 Å².